The summed E-state index contributed by atoms with van der Waals surface area (Å²) in [6.07, 6.45) is 0.916. The van der Waals surface area contributed by atoms with E-state index < -0.39 is 11.4 Å². The zero-order valence-electron chi connectivity index (χ0n) is 14.7. The summed E-state index contributed by atoms with van der Waals surface area (Å²) in [7, 11) is 1.49. The van der Waals surface area contributed by atoms with Crippen molar-refractivity contribution in [1.82, 2.24) is 14.7 Å². The number of hydrogen-bond donors (Lipinski definition) is 1. The Labute approximate surface area is 153 Å². The summed E-state index contributed by atoms with van der Waals surface area (Å²) in [5.41, 5.74) is 1.52. The van der Waals surface area contributed by atoms with E-state index in [4.69, 9.17) is 4.52 Å². The maximum Gasteiger partial charge on any atom is 0.267 e. The van der Waals surface area contributed by atoms with Gasteiger partial charge in [0.05, 0.1) is 5.52 Å². The largest absolute Gasteiger partial charge is 0.506 e. The summed E-state index contributed by atoms with van der Waals surface area (Å²) < 4.78 is 20.0. The smallest absolute Gasteiger partial charge is 0.267 e. The number of aromatic hydroxyl groups is 1. The van der Waals surface area contributed by atoms with E-state index in [0.717, 1.165) is 12.0 Å². The molecular formula is C20H16FN3O3. The van der Waals surface area contributed by atoms with Crippen molar-refractivity contribution >= 4 is 10.9 Å². The lowest BCUT2D eigenvalue weighted by molar-refractivity contribution is 0.425. The van der Waals surface area contributed by atoms with Gasteiger partial charge in [-0.25, -0.2) is 4.39 Å². The van der Waals surface area contributed by atoms with Crippen molar-refractivity contribution in [2.45, 2.75) is 13.3 Å². The minimum atomic E-state index is -0.554. The van der Waals surface area contributed by atoms with Crippen LogP contribution >= 0.6 is 0 Å². The Morgan fingerprint density at radius 3 is 2.63 bits per heavy atom. The van der Waals surface area contributed by atoms with Crippen LogP contribution in [0.5, 0.6) is 5.75 Å². The first kappa shape index (κ1) is 17.0. The third-order valence-corrected chi connectivity index (χ3v) is 4.59. The Bertz CT molecular complexity index is 1210. The molecule has 0 saturated heterocycles. The van der Waals surface area contributed by atoms with E-state index in [0.29, 0.717) is 11.2 Å². The molecule has 0 aliphatic carbocycles. The SMILES string of the molecule is CCc1ccc(-c2noc(-c3c(O)c4ccc(F)cc4n(C)c3=O)n2)cc1. The zero-order chi connectivity index (χ0) is 19.1. The van der Waals surface area contributed by atoms with Gasteiger partial charge >= 0.3 is 0 Å². The van der Waals surface area contributed by atoms with Crippen molar-refractivity contribution in [2.24, 2.45) is 7.05 Å². The summed E-state index contributed by atoms with van der Waals surface area (Å²) >= 11 is 0. The van der Waals surface area contributed by atoms with Gasteiger partial charge in [0.15, 0.2) is 0 Å². The van der Waals surface area contributed by atoms with Gasteiger partial charge in [-0.2, -0.15) is 4.98 Å². The van der Waals surface area contributed by atoms with Crippen molar-refractivity contribution in [1.29, 1.82) is 0 Å². The van der Waals surface area contributed by atoms with Gasteiger partial charge in [0.25, 0.3) is 11.4 Å². The van der Waals surface area contributed by atoms with Gasteiger partial charge in [-0.1, -0.05) is 36.3 Å². The zero-order valence-corrected chi connectivity index (χ0v) is 14.7. The number of aromatic nitrogens is 3. The molecule has 0 aliphatic heterocycles. The molecule has 0 saturated carbocycles. The lowest BCUT2D eigenvalue weighted by Crippen LogP contribution is -2.19. The van der Waals surface area contributed by atoms with Gasteiger partial charge in [0.1, 0.15) is 17.1 Å². The first-order valence-corrected chi connectivity index (χ1v) is 8.44. The number of hydrogen-bond acceptors (Lipinski definition) is 5. The summed E-state index contributed by atoms with van der Waals surface area (Å²) in [6.45, 7) is 2.06. The summed E-state index contributed by atoms with van der Waals surface area (Å²) in [5.74, 6) is -0.591. The molecule has 0 unspecified atom stereocenters. The van der Waals surface area contributed by atoms with Crippen LogP contribution in [0.4, 0.5) is 4.39 Å². The summed E-state index contributed by atoms with van der Waals surface area (Å²) in [6, 6.07) is 11.5. The number of fused-ring (bicyclic) bond motifs is 1. The average Bonchev–Trinajstić information content (AvgIpc) is 3.16. The number of halogens is 1. The molecule has 1 N–H and O–H groups in total. The first-order valence-electron chi connectivity index (χ1n) is 8.44. The van der Waals surface area contributed by atoms with E-state index in [-0.39, 0.29) is 22.7 Å². The number of aryl methyl sites for hydroxylation is 2. The monoisotopic (exact) mass is 365 g/mol. The third kappa shape index (κ3) is 2.77. The van der Waals surface area contributed by atoms with Crippen molar-refractivity contribution in [3.63, 3.8) is 0 Å². The lowest BCUT2D eigenvalue weighted by atomic mass is 10.1. The normalized spacial score (nSPS) is 11.2. The molecule has 0 aliphatic rings. The molecule has 0 spiro atoms. The van der Waals surface area contributed by atoms with E-state index in [2.05, 4.69) is 17.1 Å². The maximum absolute atomic E-state index is 13.5. The quantitative estimate of drug-likeness (QED) is 0.599. The van der Waals surface area contributed by atoms with Gasteiger partial charge in [-0.05, 0) is 30.2 Å². The van der Waals surface area contributed by atoms with E-state index >= 15 is 0 Å². The van der Waals surface area contributed by atoms with E-state index in [9.17, 15) is 14.3 Å². The molecule has 2 aromatic carbocycles. The average molecular weight is 365 g/mol. The Hall–Kier alpha value is -3.48. The highest BCUT2D eigenvalue weighted by atomic mass is 19.1. The van der Waals surface area contributed by atoms with Crippen LogP contribution in [0.2, 0.25) is 0 Å². The van der Waals surface area contributed by atoms with Crippen LogP contribution in [0, 0.1) is 5.82 Å². The highest BCUT2D eigenvalue weighted by Crippen LogP contribution is 2.33. The Morgan fingerprint density at radius 1 is 1.19 bits per heavy atom. The van der Waals surface area contributed by atoms with Gasteiger partial charge in [0, 0.05) is 18.0 Å². The lowest BCUT2D eigenvalue weighted by Gasteiger charge is -2.09. The number of rotatable bonds is 3. The molecule has 0 amide bonds. The molecule has 2 heterocycles. The van der Waals surface area contributed by atoms with Gasteiger partial charge in [-0.15, -0.1) is 0 Å². The molecular weight excluding hydrogens is 349 g/mol. The minimum Gasteiger partial charge on any atom is -0.506 e. The molecule has 0 fully saturated rings. The Balaban J connectivity index is 1.87. The molecule has 0 atom stereocenters. The summed E-state index contributed by atoms with van der Waals surface area (Å²) in [4.78, 5) is 17.0. The summed E-state index contributed by atoms with van der Waals surface area (Å²) in [5, 5.41) is 14.8. The second-order valence-electron chi connectivity index (χ2n) is 6.22. The van der Waals surface area contributed by atoms with E-state index in [1.807, 2.05) is 24.3 Å². The maximum atomic E-state index is 13.5. The van der Waals surface area contributed by atoms with Gasteiger partial charge < -0.3 is 14.2 Å². The second kappa shape index (κ2) is 6.35. The molecule has 6 nitrogen and oxygen atoms in total. The molecule has 4 rings (SSSR count). The number of nitrogens with zero attached hydrogens (tertiary/aromatic N) is 3. The van der Waals surface area contributed by atoms with Crippen LogP contribution < -0.4 is 5.56 Å². The third-order valence-electron chi connectivity index (χ3n) is 4.59. The molecule has 0 bridgehead atoms. The van der Waals surface area contributed by atoms with Crippen molar-refractivity contribution in [3.8, 4) is 28.6 Å². The topological polar surface area (TPSA) is 81.2 Å². The van der Waals surface area contributed by atoms with Gasteiger partial charge in [-0.3, -0.25) is 4.79 Å². The Morgan fingerprint density at radius 2 is 1.93 bits per heavy atom. The van der Waals surface area contributed by atoms with Crippen LogP contribution in [0.3, 0.4) is 0 Å². The highest BCUT2D eigenvalue weighted by Gasteiger charge is 2.22. The fourth-order valence-corrected chi connectivity index (χ4v) is 3.02. The van der Waals surface area contributed by atoms with Crippen LogP contribution in [0.15, 0.2) is 51.8 Å². The molecule has 136 valence electrons. The van der Waals surface area contributed by atoms with E-state index in [1.165, 1.54) is 35.4 Å². The fourth-order valence-electron chi connectivity index (χ4n) is 3.02. The Kier molecular flexibility index (Phi) is 3.99. The molecule has 27 heavy (non-hydrogen) atoms. The standard InChI is InChI=1S/C20H16FN3O3/c1-3-11-4-6-12(7-5-11)18-22-19(27-23-18)16-17(25)14-9-8-13(21)10-15(14)24(2)20(16)26/h4-10,25H,3H2,1-2H3. The minimum absolute atomic E-state index is 0.0890. The van der Waals surface area contributed by atoms with Crippen LogP contribution in [0.1, 0.15) is 12.5 Å². The van der Waals surface area contributed by atoms with Crippen LogP contribution in [-0.4, -0.2) is 19.8 Å². The second-order valence-corrected chi connectivity index (χ2v) is 6.22. The van der Waals surface area contributed by atoms with Crippen molar-refractivity contribution in [2.75, 3.05) is 0 Å². The first-order chi connectivity index (χ1) is 13.0. The predicted molar refractivity (Wildman–Crippen MR) is 98.9 cm³/mol. The number of benzene rings is 2. The fraction of sp³-hybridized carbons (Fsp3) is 0.150. The molecule has 7 heteroatoms. The predicted octanol–water partition coefficient (Wildman–Crippen LogP) is 3.66. The number of pyridine rings is 1. The molecule has 0 radical (unpaired) electrons. The van der Waals surface area contributed by atoms with Gasteiger partial charge in [0.2, 0.25) is 5.82 Å². The van der Waals surface area contributed by atoms with Crippen LogP contribution in [-0.2, 0) is 13.5 Å². The van der Waals surface area contributed by atoms with E-state index in [1.54, 1.807) is 0 Å². The van der Waals surface area contributed by atoms with Crippen molar-refractivity contribution in [3.05, 3.63) is 64.2 Å². The molecule has 4 aromatic rings. The highest BCUT2D eigenvalue weighted by molar-refractivity contribution is 5.91. The molecule has 2 aromatic heterocycles. The van der Waals surface area contributed by atoms with Crippen molar-refractivity contribution < 1.29 is 14.0 Å². The van der Waals surface area contributed by atoms with Crippen LogP contribution in [0.25, 0.3) is 33.7 Å².